The van der Waals surface area contributed by atoms with Gasteiger partial charge in [0.2, 0.25) is 0 Å². The van der Waals surface area contributed by atoms with E-state index in [1.807, 2.05) is 0 Å². The van der Waals surface area contributed by atoms with Gasteiger partial charge >= 0.3 is 5.97 Å². The van der Waals surface area contributed by atoms with Gasteiger partial charge in [-0.1, -0.05) is 32.1 Å². The Morgan fingerprint density at radius 1 is 1.32 bits per heavy atom. The second kappa shape index (κ2) is 6.45. The topological polar surface area (TPSA) is 72.5 Å². The maximum absolute atomic E-state index is 10.8. The number of carboxylic acids is 1. The number of nitrogens with two attached hydrogens (primary N) is 1. The van der Waals surface area contributed by atoms with Crippen molar-refractivity contribution in [3.8, 4) is 5.75 Å². The average Bonchev–Trinajstić information content (AvgIpc) is 2.39. The minimum absolute atomic E-state index is 0.125. The van der Waals surface area contributed by atoms with Crippen LogP contribution >= 0.6 is 0 Å². The molecule has 0 saturated heterocycles. The Kier molecular flexibility index (Phi) is 4.66. The molecule has 3 N–H and O–H groups in total. The molecule has 0 amide bonds. The summed E-state index contributed by atoms with van der Waals surface area (Å²) >= 11 is 0. The van der Waals surface area contributed by atoms with E-state index in [-0.39, 0.29) is 11.3 Å². The molecule has 4 heteroatoms. The Labute approximate surface area is 113 Å². The van der Waals surface area contributed by atoms with Crippen LogP contribution in [0, 0.1) is 5.92 Å². The van der Waals surface area contributed by atoms with Crippen molar-refractivity contribution in [2.75, 3.05) is 12.3 Å². The Hall–Kier alpha value is -1.71. The standard InChI is InChI=1S/C15H21NO3/c16-14-10-12(6-7-13(14)15(17)18)19-9-8-11-4-2-1-3-5-11/h6-7,10-11H,1-5,8-9,16H2,(H,17,18). The lowest BCUT2D eigenvalue weighted by Crippen LogP contribution is -2.11. The second-order valence-corrected chi connectivity index (χ2v) is 5.20. The summed E-state index contributed by atoms with van der Waals surface area (Å²) in [7, 11) is 0. The van der Waals surface area contributed by atoms with Gasteiger partial charge in [0.25, 0.3) is 0 Å². The second-order valence-electron chi connectivity index (χ2n) is 5.20. The minimum atomic E-state index is -1.01. The summed E-state index contributed by atoms with van der Waals surface area (Å²) in [6, 6.07) is 4.75. The van der Waals surface area contributed by atoms with Crippen LogP contribution in [-0.2, 0) is 0 Å². The van der Waals surface area contributed by atoms with E-state index in [0.29, 0.717) is 12.4 Å². The molecular weight excluding hydrogens is 242 g/mol. The number of carboxylic acid groups (broad SMARTS) is 1. The summed E-state index contributed by atoms with van der Waals surface area (Å²) in [6.07, 6.45) is 7.73. The summed E-state index contributed by atoms with van der Waals surface area (Å²) in [5, 5.41) is 8.88. The van der Waals surface area contributed by atoms with Gasteiger partial charge in [0.1, 0.15) is 5.75 Å². The van der Waals surface area contributed by atoms with Crippen molar-refractivity contribution < 1.29 is 14.6 Å². The predicted molar refractivity (Wildman–Crippen MR) is 74.5 cm³/mol. The number of nitrogen functional groups attached to an aromatic ring is 1. The van der Waals surface area contributed by atoms with Crippen molar-refractivity contribution in [1.82, 2.24) is 0 Å². The summed E-state index contributed by atoms with van der Waals surface area (Å²) in [5.74, 6) is 0.425. The number of hydrogen-bond donors (Lipinski definition) is 2. The van der Waals surface area contributed by atoms with Crippen LogP contribution in [0.5, 0.6) is 5.75 Å². The first-order valence-electron chi connectivity index (χ1n) is 6.92. The first-order chi connectivity index (χ1) is 9.16. The van der Waals surface area contributed by atoms with Crippen molar-refractivity contribution in [2.24, 2.45) is 5.92 Å². The largest absolute Gasteiger partial charge is 0.494 e. The average molecular weight is 263 g/mol. The number of rotatable bonds is 5. The highest BCUT2D eigenvalue weighted by molar-refractivity contribution is 5.93. The molecule has 1 aromatic carbocycles. The molecule has 0 radical (unpaired) electrons. The summed E-state index contributed by atoms with van der Waals surface area (Å²) in [6.45, 7) is 0.677. The number of aromatic carboxylic acids is 1. The third-order valence-electron chi connectivity index (χ3n) is 3.77. The van der Waals surface area contributed by atoms with Gasteiger partial charge in [0.05, 0.1) is 12.2 Å². The zero-order chi connectivity index (χ0) is 13.7. The zero-order valence-corrected chi connectivity index (χ0v) is 11.1. The number of carbonyl (C=O) groups is 1. The highest BCUT2D eigenvalue weighted by Crippen LogP contribution is 2.27. The van der Waals surface area contributed by atoms with Crippen LogP contribution in [0.15, 0.2) is 18.2 Å². The first-order valence-corrected chi connectivity index (χ1v) is 6.92. The quantitative estimate of drug-likeness (QED) is 0.799. The molecule has 0 bridgehead atoms. The van der Waals surface area contributed by atoms with Crippen molar-refractivity contribution in [3.05, 3.63) is 23.8 Å². The maximum atomic E-state index is 10.8. The molecule has 2 rings (SSSR count). The van der Waals surface area contributed by atoms with Gasteiger partial charge in [-0.3, -0.25) is 0 Å². The molecule has 4 nitrogen and oxygen atoms in total. The summed E-state index contributed by atoms with van der Waals surface area (Å²) in [4.78, 5) is 10.8. The molecular formula is C15H21NO3. The molecule has 0 aromatic heterocycles. The van der Waals surface area contributed by atoms with Crippen LogP contribution in [-0.4, -0.2) is 17.7 Å². The van der Waals surface area contributed by atoms with E-state index in [1.54, 1.807) is 12.1 Å². The molecule has 0 spiro atoms. The minimum Gasteiger partial charge on any atom is -0.494 e. The van der Waals surface area contributed by atoms with Crippen LogP contribution in [0.4, 0.5) is 5.69 Å². The van der Waals surface area contributed by atoms with Crippen molar-refractivity contribution in [1.29, 1.82) is 0 Å². The van der Waals surface area contributed by atoms with Gasteiger partial charge in [-0.2, -0.15) is 0 Å². The number of anilines is 1. The van der Waals surface area contributed by atoms with Crippen LogP contribution in [0.2, 0.25) is 0 Å². The molecule has 19 heavy (non-hydrogen) atoms. The highest BCUT2D eigenvalue weighted by atomic mass is 16.5. The molecule has 1 fully saturated rings. The lowest BCUT2D eigenvalue weighted by molar-refractivity contribution is 0.0698. The summed E-state index contributed by atoms with van der Waals surface area (Å²) < 4.78 is 5.65. The molecule has 1 aromatic rings. The lowest BCUT2D eigenvalue weighted by Gasteiger charge is -2.21. The van der Waals surface area contributed by atoms with Crippen molar-refractivity contribution in [2.45, 2.75) is 38.5 Å². The SMILES string of the molecule is Nc1cc(OCCC2CCCCC2)ccc1C(=O)O. The monoisotopic (exact) mass is 263 g/mol. The number of benzene rings is 1. The highest BCUT2D eigenvalue weighted by Gasteiger charge is 2.13. The number of hydrogen-bond acceptors (Lipinski definition) is 3. The molecule has 0 unspecified atom stereocenters. The van der Waals surface area contributed by atoms with Crippen LogP contribution < -0.4 is 10.5 Å². The van der Waals surface area contributed by atoms with Gasteiger partial charge in [-0.15, -0.1) is 0 Å². The van der Waals surface area contributed by atoms with Crippen molar-refractivity contribution in [3.63, 3.8) is 0 Å². The van der Waals surface area contributed by atoms with Crippen LogP contribution in [0.1, 0.15) is 48.9 Å². The first kappa shape index (κ1) is 13.7. The fraction of sp³-hybridized carbons (Fsp3) is 0.533. The Bertz CT molecular complexity index is 439. The fourth-order valence-electron chi connectivity index (χ4n) is 2.64. The molecule has 0 atom stereocenters. The van der Waals surface area contributed by atoms with E-state index in [1.165, 1.54) is 38.2 Å². The molecule has 104 valence electrons. The molecule has 1 saturated carbocycles. The lowest BCUT2D eigenvalue weighted by atomic mass is 9.87. The number of ether oxygens (including phenoxy) is 1. The Morgan fingerprint density at radius 3 is 2.68 bits per heavy atom. The van der Waals surface area contributed by atoms with Gasteiger partial charge in [0, 0.05) is 11.8 Å². The predicted octanol–water partition coefficient (Wildman–Crippen LogP) is 3.32. The van der Waals surface area contributed by atoms with Crippen LogP contribution in [0.25, 0.3) is 0 Å². The molecule has 1 aliphatic carbocycles. The van der Waals surface area contributed by atoms with E-state index in [4.69, 9.17) is 15.6 Å². The summed E-state index contributed by atoms with van der Waals surface area (Å²) in [5.41, 5.74) is 6.05. The third-order valence-corrected chi connectivity index (χ3v) is 3.77. The maximum Gasteiger partial charge on any atom is 0.337 e. The smallest absolute Gasteiger partial charge is 0.337 e. The zero-order valence-electron chi connectivity index (χ0n) is 11.1. The van der Waals surface area contributed by atoms with E-state index in [2.05, 4.69) is 0 Å². The van der Waals surface area contributed by atoms with Crippen molar-refractivity contribution >= 4 is 11.7 Å². The van der Waals surface area contributed by atoms with Gasteiger partial charge in [-0.25, -0.2) is 4.79 Å². The van der Waals surface area contributed by atoms with E-state index < -0.39 is 5.97 Å². The fourth-order valence-corrected chi connectivity index (χ4v) is 2.64. The van der Waals surface area contributed by atoms with E-state index in [0.717, 1.165) is 12.3 Å². The normalized spacial score (nSPS) is 16.2. The molecule has 0 heterocycles. The van der Waals surface area contributed by atoms with E-state index >= 15 is 0 Å². The third kappa shape index (κ3) is 3.88. The van der Waals surface area contributed by atoms with Gasteiger partial charge in [0.15, 0.2) is 0 Å². The van der Waals surface area contributed by atoms with E-state index in [9.17, 15) is 4.79 Å². The molecule has 0 aliphatic heterocycles. The van der Waals surface area contributed by atoms with Gasteiger partial charge in [-0.05, 0) is 24.5 Å². The molecule has 1 aliphatic rings. The Morgan fingerprint density at radius 2 is 2.05 bits per heavy atom. The van der Waals surface area contributed by atoms with Gasteiger partial charge < -0.3 is 15.6 Å². The van der Waals surface area contributed by atoms with Crippen LogP contribution in [0.3, 0.4) is 0 Å². The Balaban J connectivity index is 1.82.